The van der Waals surface area contributed by atoms with Gasteiger partial charge in [0.05, 0.1) is 17.0 Å². The first-order valence-electron chi connectivity index (χ1n) is 11.5. The van der Waals surface area contributed by atoms with Crippen LogP contribution in [0.3, 0.4) is 0 Å². The van der Waals surface area contributed by atoms with E-state index in [1.54, 1.807) is 6.33 Å². The smallest absolute Gasteiger partial charge is 0.255 e. The number of carbonyl (C=O) groups is 2. The lowest BCUT2D eigenvalue weighted by Crippen LogP contribution is -2.40. The summed E-state index contributed by atoms with van der Waals surface area (Å²) in [5.41, 5.74) is 10.9. The molecule has 172 valence electrons. The number of likely N-dealkylation sites (tertiary alicyclic amines) is 1. The first-order chi connectivity index (χ1) is 16.6. The minimum absolute atomic E-state index is 0.0637. The minimum Gasteiger partial charge on any atom is -0.369 e. The molecule has 1 fully saturated rings. The standard InChI is InChI=1S/C27H27N5O2/c28-26(33)21-4-3-15-31(17-21)16-19-7-11-22(12-8-19)30-27(34)20-9-13-23(14-10-20)32-18-29-24-5-1-2-6-25(24)32/h1-2,5-14,18,21H,3-4,15-17H2,(H2,28,33)(H,30,34). The van der Waals surface area contributed by atoms with Crippen LogP contribution in [0.1, 0.15) is 28.8 Å². The maximum atomic E-state index is 12.7. The number of nitrogens with one attached hydrogen (secondary N) is 1. The van der Waals surface area contributed by atoms with Gasteiger partial charge < -0.3 is 11.1 Å². The number of anilines is 1. The van der Waals surface area contributed by atoms with Gasteiger partial charge in [-0.15, -0.1) is 0 Å². The molecule has 0 bridgehead atoms. The SMILES string of the molecule is NC(=O)C1CCCN(Cc2ccc(NC(=O)c3ccc(-n4cnc5ccccc54)cc3)cc2)C1. The highest BCUT2D eigenvalue weighted by Crippen LogP contribution is 2.21. The molecule has 34 heavy (non-hydrogen) atoms. The minimum atomic E-state index is -0.214. The lowest BCUT2D eigenvalue weighted by molar-refractivity contribution is -0.123. The van der Waals surface area contributed by atoms with Gasteiger partial charge in [-0.05, 0) is 73.5 Å². The van der Waals surface area contributed by atoms with Crippen LogP contribution in [0.15, 0.2) is 79.1 Å². The predicted molar refractivity (Wildman–Crippen MR) is 133 cm³/mol. The summed E-state index contributed by atoms with van der Waals surface area (Å²) in [5.74, 6) is -0.435. The molecule has 5 rings (SSSR count). The number of nitrogens with zero attached hydrogens (tertiary/aromatic N) is 3. The lowest BCUT2D eigenvalue weighted by atomic mass is 9.97. The van der Waals surface area contributed by atoms with Gasteiger partial charge in [0, 0.05) is 30.0 Å². The van der Waals surface area contributed by atoms with E-state index in [-0.39, 0.29) is 17.7 Å². The predicted octanol–water partition coefficient (Wildman–Crippen LogP) is 3.98. The van der Waals surface area contributed by atoms with Crippen molar-refractivity contribution in [2.24, 2.45) is 11.7 Å². The Bertz CT molecular complexity index is 1310. The van der Waals surface area contributed by atoms with Crippen molar-refractivity contribution in [2.45, 2.75) is 19.4 Å². The number of piperidine rings is 1. The van der Waals surface area contributed by atoms with E-state index in [0.29, 0.717) is 12.1 Å². The number of amides is 2. The molecule has 1 aliphatic heterocycles. The van der Waals surface area contributed by atoms with Gasteiger partial charge in [0.15, 0.2) is 0 Å². The number of carbonyl (C=O) groups excluding carboxylic acids is 2. The number of nitrogens with two attached hydrogens (primary N) is 1. The topological polar surface area (TPSA) is 93.3 Å². The summed E-state index contributed by atoms with van der Waals surface area (Å²) >= 11 is 0. The molecule has 3 N–H and O–H groups in total. The van der Waals surface area contributed by atoms with Crippen LogP contribution < -0.4 is 11.1 Å². The lowest BCUT2D eigenvalue weighted by Gasteiger charge is -2.31. The van der Waals surface area contributed by atoms with Gasteiger partial charge in [-0.25, -0.2) is 4.98 Å². The Balaban J connectivity index is 1.21. The van der Waals surface area contributed by atoms with Crippen molar-refractivity contribution in [1.82, 2.24) is 14.5 Å². The van der Waals surface area contributed by atoms with Crippen LogP contribution in [0.2, 0.25) is 0 Å². The monoisotopic (exact) mass is 453 g/mol. The van der Waals surface area contributed by atoms with E-state index in [4.69, 9.17) is 5.73 Å². The fourth-order valence-electron chi connectivity index (χ4n) is 4.52. The van der Waals surface area contributed by atoms with Gasteiger partial charge in [-0.1, -0.05) is 24.3 Å². The maximum Gasteiger partial charge on any atom is 0.255 e. The summed E-state index contributed by atoms with van der Waals surface area (Å²) in [5, 5.41) is 2.96. The fraction of sp³-hybridized carbons (Fsp3) is 0.222. The number of benzene rings is 3. The van der Waals surface area contributed by atoms with Crippen molar-refractivity contribution in [3.63, 3.8) is 0 Å². The first-order valence-corrected chi connectivity index (χ1v) is 11.5. The molecule has 0 spiro atoms. The van der Waals surface area contributed by atoms with Crippen LogP contribution in [-0.2, 0) is 11.3 Å². The number of hydrogen-bond acceptors (Lipinski definition) is 4. The number of rotatable bonds is 6. The van der Waals surface area contributed by atoms with Crippen LogP contribution in [0.5, 0.6) is 0 Å². The Hall–Kier alpha value is -3.97. The number of imidazole rings is 1. The summed E-state index contributed by atoms with van der Waals surface area (Å²) < 4.78 is 2.00. The second-order valence-electron chi connectivity index (χ2n) is 8.78. The van der Waals surface area contributed by atoms with E-state index in [1.165, 1.54) is 0 Å². The molecular weight excluding hydrogens is 426 g/mol. The van der Waals surface area contributed by atoms with Crippen molar-refractivity contribution in [1.29, 1.82) is 0 Å². The zero-order valence-electron chi connectivity index (χ0n) is 18.9. The van der Waals surface area contributed by atoms with E-state index in [9.17, 15) is 9.59 Å². The zero-order valence-corrected chi connectivity index (χ0v) is 18.9. The molecular formula is C27H27N5O2. The van der Waals surface area contributed by atoms with Crippen LogP contribution in [0.25, 0.3) is 16.7 Å². The third kappa shape index (κ3) is 4.70. The van der Waals surface area contributed by atoms with Crippen molar-refractivity contribution < 1.29 is 9.59 Å². The summed E-state index contributed by atoms with van der Waals surface area (Å²) in [6.07, 6.45) is 3.65. The summed E-state index contributed by atoms with van der Waals surface area (Å²) in [4.78, 5) is 30.9. The Kier molecular flexibility index (Phi) is 6.10. The molecule has 1 aromatic heterocycles. The average Bonchev–Trinajstić information content (AvgIpc) is 3.30. The summed E-state index contributed by atoms with van der Waals surface area (Å²) in [6, 6.07) is 23.3. The van der Waals surface area contributed by atoms with Crippen molar-refractivity contribution >= 4 is 28.5 Å². The highest BCUT2D eigenvalue weighted by molar-refractivity contribution is 6.04. The van der Waals surface area contributed by atoms with E-state index >= 15 is 0 Å². The van der Waals surface area contributed by atoms with Gasteiger partial charge in [-0.3, -0.25) is 19.1 Å². The molecule has 1 unspecified atom stereocenters. The maximum absolute atomic E-state index is 12.7. The molecule has 7 heteroatoms. The second kappa shape index (κ2) is 9.49. The largest absolute Gasteiger partial charge is 0.369 e. The van der Waals surface area contributed by atoms with Gasteiger partial charge >= 0.3 is 0 Å². The van der Waals surface area contributed by atoms with Crippen LogP contribution in [0.4, 0.5) is 5.69 Å². The number of fused-ring (bicyclic) bond motifs is 1. The molecule has 3 aromatic carbocycles. The van der Waals surface area contributed by atoms with Crippen LogP contribution in [-0.4, -0.2) is 39.4 Å². The third-order valence-corrected chi connectivity index (χ3v) is 6.39. The highest BCUT2D eigenvalue weighted by atomic mass is 16.2. The molecule has 0 saturated carbocycles. The van der Waals surface area contributed by atoms with Crippen LogP contribution in [0, 0.1) is 5.92 Å². The molecule has 1 aliphatic rings. The van der Waals surface area contributed by atoms with Gasteiger partial charge in [0.25, 0.3) is 5.91 Å². The fourth-order valence-corrected chi connectivity index (χ4v) is 4.52. The number of primary amides is 1. The molecule has 2 heterocycles. The quantitative estimate of drug-likeness (QED) is 0.462. The first kappa shape index (κ1) is 21.9. The Morgan fingerprint density at radius 3 is 2.53 bits per heavy atom. The summed E-state index contributed by atoms with van der Waals surface area (Å²) in [6.45, 7) is 2.44. The number of para-hydroxylation sites is 2. The van der Waals surface area contributed by atoms with E-state index < -0.39 is 0 Å². The number of hydrogen-bond donors (Lipinski definition) is 2. The van der Waals surface area contributed by atoms with Gasteiger partial charge in [0.2, 0.25) is 5.91 Å². The molecule has 1 saturated heterocycles. The molecule has 7 nitrogen and oxygen atoms in total. The van der Waals surface area contributed by atoms with Gasteiger partial charge in [-0.2, -0.15) is 0 Å². The zero-order chi connectivity index (χ0) is 23.5. The molecule has 1 atom stereocenters. The second-order valence-corrected chi connectivity index (χ2v) is 8.78. The van der Waals surface area contributed by atoms with E-state index in [2.05, 4.69) is 15.2 Å². The highest BCUT2D eigenvalue weighted by Gasteiger charge is 2.23. The molecule has 0 radical (unpaired) electrons. The Labute approximate surface area is 198 Å². The molecule has 4 aromatic rings. The Morgan fingerprint density at radius 1 is 1.00 bits per heavy atom. The third-order valence-electron chi connectivity index (χ3n) is 6.39. The van der Waals surface area contributed by atoms with E-state index in [1.807, 2.05) is 77.4 Å². The van der Waals surface area contributed by atoms with E-state index in [0.717, 1.165) is 53.9 Å². The molecule has 2 amide bonds. The molecule has 0 aliphatic carbocycles. The Morgan fingerprint density at radius 2 is 1.76 bits per heavy atom. The van der Waals surface area contributed by atoms with Crippen LogP contribution >= 0.6 is 0 Å². The van der Waals surface area contributed by atoms with Crippen molar-refractivity contribution in [2.75, 3.05) is 18.4 Å². The average molecular weight is 454 g/mol. The normalized spacial score (nSPS) is 16.4. The summed E-state index contributed by atoms with van der Waals surface area (Å²) in [7, 11) is 0. The number of aromatic nitrogens is 2. The van der Waals surface area contributed by atoms with Crippen molar-refractivity contribution in [3.8, 4) is 5.69 Å². The van der Waals surface area contributed by atoms with Gasteiger partial charge in [0.1, 0.15) is 6.33 Å². The van der Waals surface area contributed by atoms with Crippen molar-refractivity contribution in [3.05, 3.63) is 90.3 Å².